The maximum absolute atomic E-state index is 10.1. The molecule has 1 atom stereocenters. The van der Waals surface area contributed by atoms with E-state index in [9.17, 15) is 5.11 Å². The second kappa shape index (κ2) is 6.65. The van der Waals surface area contributed by atoms with E-state index in [0.717, 1.165) is 30.6 Å². The van der Waals surface area contributed by atoms with Gasteiger partial charge in [0.05, 0.1) is 7.11 Å². The number of rotatable bonds is 6. The number of phenols is 1. The molecule has 0 saturated heterocycles. The Kier molecular flexibility index (Phi) is 4.89. The van der Waals surface area contributed by atoms with Crippen LogP contribution >= 0.6 is 0 Å². The fourth-order valence-electron chi connectivity index (χ4n) is 2.85. The first-order chi connectivity index (χ1) is 9.69. The molecule has 2 nitrogen and oxygen atoms in total. The van der Waals surface area contributed by atoms with E-state index >= 15 is 0 Å². The molecule has 0 spiro atoms. The van der Waals surface area contributed by atoms with Crippen molar-refractivity contribution in [3.63, 3.8) is 0 Å². The molecule has 0 saturated carbocycles. The Bertz CT molecular complexity index is 502. The first-order valence-electron chi connectivity index (χ1n) is 7.39. The molecule has 1 unspecified atom stereocenters. The second-order valence-electron chi connectivity index (χ2n) is 5.63. The Labute approximate surface area is 121 Å². The highest BCUT2D eigenvalue weighted by molar-refractivity contribution is 5.40. The monoisotopic (exact) mass is 272 g/mol. The van der Waals surface area contributed by atoms with Gasteiger partial charge in [-0.25, -0.2) is 0 Å². The van der Waals surface area contributed by atoms with Gasteiger partial charge in [0.15, 0.2) is 0 Å². The highest BCUT2D eigenvalue weighted by Crippen LogP contribution is 2.39. The van der Waals surface area contributed by atoms with Crippen molar-refractivity contribution in [2.45, 2.75) is 39.0 Å². The summed E-state index contributed by atoms with van der Waals surface area (Å²) >= 11 is 0. The Balaban J connectivity index is 2.23. The predicted molar refractivity (Wildman–Crippen MR) is 83.2 cm³/mol. The van der Waals surface area contributed by atoms with Crippen molar-refractivity contribution in [3.05, 3.63) is 48.1 Å². The molecule has 1 aromatic carbocycles. The molecule has 0 amide bonds. The molecule has 1 aromatic rings. The number of unbranched alkanes of at least 4 members (excludes halogenated alkanes) is 1. The normalized spacial score (nSPS) is 21.1. The van der Waals surface area contributed by atoms with Gasteiger partial charge in [0.25, 0.3) is 0 Å². The minimum absolute atomic E-state index is 0.134. The molecule has 2 heteroatoms. The number of benzene rings is 1. The first kappa shape index (κ1) is 14.7. The third kappa shape index (κ3) is 3.44. The van der Waals surface area contributed by atoms with Gasteiger partial charge in [-0.1, -0.05) is 44.1 Å². The van der Waals surface area contributed by atoms with Crippen LogP contribution in [0.3, 0.4) is 0 Å². The lowest BCUT2D eigenvalue weighted by molar-refractivity contribution is 0.329. The van der Waals surface area contributed by atoms with Crippen molar-refractivity contribution >= 4 is 0 Å². The van der Waals surface area contributed by atoms with Crippen LogP contribution in [0.15, 0.2) is 42.5 Å². The van der Waals surface area contributed by atoms with E-state index in [1.54, 1.807) is 19.2 Å². The Hall–Kier alpha value is -1.70. The van der Waals surface area contributed by atoms with Gasteiger partial charge in [-0.2, -0.15) is 0 Å². The summed E-state index contributed by atoms with van der Waals surface area (Å²) in [5, 5.41) is 10.1. The lowest BCUT2D eigenvalue weighted by atomic mass is 9.73. The van der Waals surface area contributed by atoms with Gasteiger partial charge in [-0.15, -0.1) is 0 Å². The molecule has 1 aliphatic carbocycles. The fraction of sp³-hybridized carbons (Fsp3) is 0.444. The highest BCUT2D eigenvalue weighted by atomic mass is 16.5. The Morgan fingerprint density at radius 1 is 1.30 bits per heavy atom. The van der Waals surface area contributed by atoms with Gasteiger partial charge in [0.2, 0.25) is 0 Å². The third-order valence-corrected chi connectivity index (χ3v) is 4.08. The molecule has 1 aliphatic rings. The van der Waals surface area contributed by atoms with Crippen LogP contribution < -0.4 is 4.74 Å². The first-order valence-corrected chi connectivity index (χ1v) is 7.39. The summed E-state index contributed by atoms with van der Waals surface area (Å²) in [6.07, 6.45) is 14.2. The van der Waals surface area contributed by atoms with Crippen LogP contribution in [0.1, 0.15) is 38.2 Å². The van der Waals surface area contributed by atoms with Crippen LogP contribution in [0.5, 0.6) is 11.5 Å². The number of ether oxygens (including phenoxy) is 1. The smallest absolute Gasteiger partial charge is 0.119 e. The summed E-state index contributed by atoms with van der Waals surface area (Å²) in [5.41, 5.74) is 1.11. The standard InChI is InChI=1S/C18H24O2/c1-3-4-10-18(11-6-5-7-12-18)14-15-13-16(20-2)8-9-17(15)19/h5-9,11,13,19H,3-4,10,12,14H2,1-2H3. The quantitative estimate of drug-likeness (QED) is 0.817. The van der Waals surface area contributed by atoms with Crippen LogP contribution in [0.4, 0.5) is 0 Å². The molecular weight excluding hydrogens is 248 g/mol. The lowest BCUT2D eigenvalue weighted by Gasteiger charge is -2.32. The molecule has 0 radical (unpaired) electrons. The topological polar surface area (TPSA) is 29.5 Å². The Morgan fingerprint density at radius 3 is 2.80 bits per heavy atom. The lowest BCUT2D eigenvalue weighted by Crippen LogP contribution is -2.22. The minimum atomic E-state index is 0.134. The molecule has 0 aromatic heterocycles. The van der Waals surface area contributed by atoms with Gasteiger partial charge < -0.3 is 9.84 Å². The van der Waals surface area contributed by atoms with Crippen molar-refractivity contribution in [1.82, 2.24) is 0 Å². The molecule has 20 heavy (non-hydrogen) atoms. The number of aromatic hydroxyl groups is 1. The van der Waals surface area contributed by atoms with Crippen molar-refractivity contribution < 1.29 is 9.84 Å². The molecule has 0 aliphatic heterocycles. The van der Waals surface area contributed by atoms with Crippen molar-refractivity contribution in [1.29, 1.82) is 0 Å². The second-order valence-corrected chi connectivity index (χ2v) is 5.63. The summed E-state index contributed by atoms with van der Waals surface area (Å²) in [6, 6.07) is 5.48. The number of hydrogen-bond acceptors (Lipinski definition) is 2. The minimum Gasteiger partial charge on any atom is -0.508 e. The van der Waals surface area contributed by atoms with E-state index in [1.807, 2.05) is 6.07 Å². The van der Waals surface area contributed by atoms with E-state index in [-0.39, 0.29) is 5.41 Å². The molecule has 0 heterocycles. The summed E-state index contributed by atoms with van der Waals surface area (Å²) in [7, 11) is 1.66. The maximum atomic E-state index is 10.1. The van der Waals surface area contributed by atoms with E-state index in [2.05, 4.69) is 31.2 Å². The average Bonchev–Trinajstić information content (AvgIpc) is 2.48. The molecular formula is C18H24O2. The van der Waals surface area contributed by atoms with Crippen molar-refractivity contribution in [2.75, 3.05) is 7.11 Å². The van der Waals surface area contributed by atoms with Gasteiger partial charge >= 0.3 is 0 Å². The average molecular weight is 272 g/mol. The highest BCUT2D eigenvalue weighted by Gasteiger charge is 2.28. The zero-order chi connectivity index (χ0) is 14.4. The molecule has 0 bridgehead atoms. The van der Waals surface area contributed by atoms with Gasteiger partial charge in [-0.05, 0) is 48.4 Å². The van der Waals surface area contributed by atoms with Crippen LogP contribution in [-0.2, 0) is 6.42 Å². The van der Waals surface area contributed by atoms with Crippen molar-refractivity contribution in [2.24, 2.45) is 5.41 Å². The number of phenolic OH excluding ortho intramolecular Hbond substituents is 1. The zero-order valence-corrected chi connectivity index (χ0v) is 12.4. The molecule has 1 N–H and O–H groups in total. The van der Waals surface area contributed by atoms with Crippen LogP contribution in [-0.4, -0.2) is 12.2 Å². The van der Waals surface area contributed by atoms with Gasteiger partial charge in [-0.3, -0.25) is 0 Å². The largest absolute Gasteiger partial charge is 0.508 e. The number of hydrogen-bond donors (Lipinski definition) is 1. The molecule has 108 valence electrons. The third-order valence-electron chi connectivity index (χ3n) is 4.08. The number of methoxy groups -OCH3 is 1. The van der Waals surface area contributed by atoms with E-state index < -0.39 is 0 Å². The van der Waals surface area contributed by atoms with Gasteiger partial charge in [0.1, 0.15) is 11.5 Å². The fourth-order valence-corrected chi connectivity index (χ4v) is 2.85. The SMILES string of the molecule is CCCCC1(Cc2cc(OC)ccc2O)C=CC=CC1. The van der Waals surface area contributed by atoms with Crippen LogP contribution in [0.25, 0.3) is 0 Å². The van der Waals surface area contributed by atoms with Gasteiger partial charge in [0, 0.05) is 0 Å². The molecule has 0 fully saturated rings. The summed E-state index contributed by atoms with van der Waals surface area (Å²) in [4.78, 5) is 0. The van der Waals surface area contributed by atoms with E-state index in [4.69, 9.17) is 4.74 Å². The predicted octanol–water partition coefficient (Wildman–Crippen LogP) is 4.64. The zero-order valence-electron chi connectivity index (χ0n) is 12.4. The summed E-state index contributed by atoms with van der Waals surface area (Å²) in [6.45, 7) is 2.22. The number of allylic oxidation sites excluding steroid dienone is 4. The summed E-state index contributed by atoms with van der Waals surface area (Å²) < 4.78 is 5.27. The van der Waals surface area contributed by atoms with Crippen molar-refractivity contribution in [3.8, 4) is 11.5 Å². The summed E-state index contributed by atoms with van der Waals surface area (Å²) in [5.74, 6) is 1.17. The maximum Gasteiger partial charge on any atom is 0.119 e. The molecule has 2 rings (SSSR count). The van der Waals surface area contributed by atoms with E-state index in [0.29, 0.717) is 5.75 Å². The van der Waals surface area contributed by atoms with Crippen LogP contribution in [0.2, 0.25) is 0 Å². The Morgan fingerprint density at radius 2 is 2.15 bits per heavy atom. The van der Waals surface area contributed by atoms with E-state index in [1.165, 1.54) is 12.8 Å². The van der Waals surface area contributed by atoms with Crippen LogP contribution in [0, 0.1) is 5.41 Å².